The molecule has 7 heteroatoms. The van der Waals surface area contributed by atoms with Gasteiger partial charge in [0.2, 0.25) is 5.88 Å². The molecule has 110 valence electrons. The number of pyridine rings is 1. The zero-order valence-corrected chi connectivity index (χ0v) is 11.8. The molecule has 2 N–H and O–H groups in total. The second kappa shape index (κ2) is 6.43. The number of benzene rings is 1. The standard InChI is InChI=1S/C14H12ClNO5/c1-20-11-6-8(7-17)2-4-10(11)21-12-5-3-9(15)13(16-12)14(18)19/h2-6,17H,7H2,1H3,(H,18,19). The van der Waals surface area contributed by atoms with Gasteiger partial charge in [0, 0.05) is 6.07 Å². The third kappa shape index (κ3) is 3.42. The Kier molecular flexibility index (Phi) is 4.62. The molecule has 0 aliphatic carbocycles. The molecule has 0 atom stereocenters. The van der Waals surface area contributed by atoms with Crippen LogP contribution in [0, 0.1) is 0 Å². The van der Waals surface area contributed by atoms with Gasteiger partial charge in [-0.05, 0) is 23.8 Å². The number of aromatic carboxylic acids is 1. The fourth-order valence-electron chi connectivity index (χ4n) is 1.64. The van der Waals surface area contributed by atoms with Gasteiger partial charge in [0.05, 0.1) is 18.7 Å². The van der Waals surface area contributed by atoms with Crippen molar-refractivity contribution in [1.29, 1.82) is 0 Å². The molecule has 1 aromatic carbocycles. The topological polar surface area (TPSA) is 88.9 Å². The monoisotopic (exact) mass is 309 g/mol. The first-order valence-electron chi connectivity index (χ1n) is 5.90. The number of hydrogen-bond acceptors (Lipinski definition) is 5. The lowest BCUT2D eigenvalue weighted by Gasteiger charge is -2.11. The summed E-state index contributed by atoms with van der Waals surface area (Å²) < 4.78 is 10.7. The molecule has 1 aromatic heterocycles. The highest BCUT2D eigenvalue weighted by Crippen LogP contribution is 2.32. The van der Waals surface area contributed by atoms with Gasteiger partial charge in [-0.1, -0.05) is 17.7 Å². The molecule has 21 heavy (non-hydrogen) atoms. The van der Waals surface area contributed by atoms with E-state index in [1.807, 2.05) is 0 Å². The average Bonchev–Trinajstić information content (AvgIpc) is 2.49. The molecule has 0 bridgehead atoms. The highest BCUT2D eigenvalue weighted by atomic mass is 35.5. The van der Waals surface area contributed by atoms with E-state index in [2.05, 4.69) is 4.98 Å². The first kappa shape index (κ1) is 15.1. The molecule has 0 saturated heterocycles. The van der Waals surface area contributed by atoms with Gasteiger partial charge in [-0.15, -0.1) is 0 Å². The minimum atomic E-state index is -1.24. The van der Waals surface area contributed by atoms with Crippen molar-refractivity contribution in [2.75, 3.05) is 7.11 Å². The molecule has 2 aromatic rings. The number of aromatic nitrogens is 1. The van der Waals surface area contributed by atoms with Crippen molar-refractivity contribution in [2.45, 2.75) is 6.61 Å². The van der Waals surface area contributed by atoms with Gasteiger partial charge in [0.15, 0.2) is 17.2 Å². The van der Waals surface area contributed by atoms with Crippen LogP contribution >= 0.6 is 11.6 Å². The second-order valence-electron chi connectivity index (χ2n) is 4.03. The minimum absolute atomic E-state index is 0.0254. The number of methoxy groups -OCH3 is 1. The van der Waals surface area contributed by atoms with E-state index in [0.29, 0.717) is 17.1 Å². The lowest BCUT2D eigenvalue weighted by atomic mass is 10.2. The number of ether oxygens (including phenoxy) is 2. The normalized spacial score (nSPS) is 10.2. The Hall–Kier alpha value is -2.31. The van der Waals surface area contributed by atoms with E-state index in [9.17, 15) is 4.79 Å². The van der Waals surface area contributed by atoms with Crippen molar-refractivity contribution < 1.29 is 24.5 Å². The molecule has 2 rings (SSSR count). The van der Waals surface area contributed by atoms with E-state index in [0.717, 1.165) is 0 Å². The smallest absolute Gasteiger partial charge is 0.356 e. The van der Waals surface area contributed by atoms with Crippen LogP contribution in [0.3, 0.4) is 0 Å². The van der Waals surface area contributed by atoms with Crippen LogP contribution in [0.15, 0.2) is 30.3 Å². The summed E-state index contributed by atoms with van der Waals surface area (Å²) in [5.41, 5.74) is 0.370. The summed E-state index contributed by atoms with van der Waals surface area (Å²) in [4.78, 5) is 14.8. The predicted molar refractivity (Wildman–Crippen MR) is 75.2 cm³/mol. The van der Waals surface area contributed by atoms with Crippen LogP contribution in [-0.4, -0.2) is 28.3 Å². The Labute approximate surface area is 125 Å². The number of carboxylic acid groups (broad SMARTS) is 1. The van der Waals surface area contributed by atoms with E-state index in [1.54, 1.807) is 18.2 Å². The number of nitrogens with zero attached hydrogens (tertiary/aromatic N) is 1. The van der Waals surface area contributed by atoms with Crippen molar-refractivity contribution in [2.24, 2.45) is 0 Å². The van der Waals surface area contributed by atoms with Crippen molar-refractivity contribution in [3.8, 4) is 17.4 Å². The molecular weight excluding hydrogens is 298 g/mol. The molecule has 1 heterocycles. The van der Waals surface area contributed by atoms with Crippen LogP contribution in [0.4, 0.5) is 0 Å². The summed E-state index contributed by atoms with van der Waals surface area (Å²) in [6.45, 7) is -0.126. The van der Waals surface area contributed by atoms with Gasteiger partial charge in [-0.25, -0.2) is 9.78 Å². The molecule has 0 aliphatic rings. The highest BCUT2D eigenvalue weighted by Gasteiger charge is 2.14. The highest BCUT2D eigenvalue weighted by molar-refractivity contribution is 6.33. The van der Waals surface area contributed by atoms with Crippen LogP contribution in [-0.2, 0) is 6.61 Å². The number of carboxylic acids is 1. The molecule has 0 amide bonds. The van der Waals surface area contributed by atoms with Gasteiger partial charge >= 0.3 is 5.97 Å². The number of aliphatic hydroxyl groups is 1. The zero-order valence-electron chi connectivity index (χ0n) is 11.0. The third-order valence-corrected chi connectivity index (χ3v) is 2.95. The number of rotatable bonds is 5. The van der Waals surface area contributed by atoms with Crippen LogP contribution in [0.2, 0.25) is 5.02 Å². The number of carbonyl (C=O) groups is 1. The maximum absolute atomic E-state index is 11.0. The van der Waals surface area contributed by atoms with E-state index >= 15 is 0 Å². The first-order chi connectivity index (χ1) is 10.0. The summed E-state index contributed by atoms with van der Waals surface area (Å²) in [6, 6.07) is 7.71. The van der Waals surface area contributed by atoms with Gasteiger partial charge in [-0.3, -0.25) is 0 Å². The predicted octanol–water partition coefficient (Wildman–Crippen LogP) is 2.73. The van der Waals surface area contributed by atoms with Gasteiger partial charge < -0.3 is 19.7 Å². The van der Waals surface area contributed by atoms with Gasteiger partial charge in [-0.2, -0.15) is 0 Å². The Morgan fingerprint density at radius 1 is 1.29 bits per heavy atom. The summed E-state index contributed by atoms with van der Waals surface area (Å²) in [5.74, 6) is -0.420. The maximum atomic E-state index is 11.0. The van der Waals surface area contributed by atoms with Crippen LogP contribution < -0.4 is 9.47 Å². The fourth-order valence-corrected chi connectivity index (χ4v) is 1.82. The van der Waals surface area contributed by atoms with E-state index in [1.165, 1.54) is 19.2 Å². The Morgan fingerprint density at radius 2 is 2.05 bits per heavy atom. The zero-order chi connectivity index (χ0) is 15.4. The molecule has 0 fully saturated rings. The van der Waals surface area contributed by atoms with Crippen LogP contribution in [0.1, 0.15) is 16.1 Å². The molecular formula is C14H12ClNO5. The lowest BCUT2D eigenvalue weighted by Crippen LogP contribution is -2.02. The Morgan fingerprint density at radius 3 is 2.67 bits per heavy atom. The van der Waals surface area contributed by atoms with Gasteiger partial charge in [0.25, 0.3) is 0 Å². The minimum Gasteiger partial charge on any atom is -0.493 e. The summed E-state index contributed by atoms with van der Waals surface area (Å²) in [7, 11) is 1.46. The lowest BCUT2D eigenvalue weighted by molar-refractivity contribution is 0.0690. The Bertz CT molecular complexity index is 674. The quantitative estimate of drug-likeness (QED) is 0.882. The number of aliphatic hydroxyl groups excluding tert-OH is 1. The summed E-state index contributed by atoms with van der Waals surface area (Å²) in [6.07, 6.45) is 0. The van der Waals surface area contributed by atoms with Gasteiger partial charge in [0.1, 0.15) is 0 Å². The average molecular weight is 310 g/mol. The molecule has 0 saturated carbocycles. The number of halogens is 1. The SMILES string of the molecule is COc1cc(CO)ccc1Oc1ccc(Cl)c(C(=O)O)n1. The largest absolute Gasteiger partial charge is 0.493 e. The Balaban J connectivity index is 2.34. The maximum Gasteiger partial charge on any atom is 0.356 e. The molecule has 6 nitrogen and oxygen atoms in total. The van der Waals surface area contributed by atoms with Crippen molar-refractivity contribution in [3.63, 3.8) is 0 Å². The number of hydrogen-bond donors (Lipinski definition) is 2. The summed E-state index contributed by atoms with van der Waals surface area (Å²) >= 11 is 5.74. The molecule has 0 aliphatic heterocycles. The van der Waals surface area contributed by atoms with E-state index in [4.69, 9.17) is 31.3 Å². The van der Waals surface area contributed by atoms with Crippen LogP contribution in [0.25, 0.3) is 0 Å². The second-order valence-corrected chi connectivity index (χ2v) is 4.44. The fraction of sp³-hybridized carbons (Fsp3) is 0.143. The van der Waals surface area contributed by atoms with E-state index < -0.39 is 5.97 Å². The summed E-state index contributed by atoms with van der Waals surface area (Å²) in [5, 5.41) is 18.1. The molecule has 0 radical (unpaired) electrons. The molecule has 0 spiro atoms. The van der Waals surface area contributed by atoms with Crippen molar-refractivity contribution in [1.82, 2.24) is 4.98 Å². The van der Waals surface area contributed by atoms with Crippen molar-refractivity contribution >= 4 is 17.6 Å². The molecule has 0 unspecified atom stereocenters. The van der Waals surface area contributed by atoms with E-state index in [-0.39, 0.29) is 23.2 Å². The van der Waals surface area contributed by atoms with Crippen molar-refractivity contribution in [3.05, 3.63) is 46.6 Å². The first-order valence-corrected chi connectivity index (χ1v) is 6.28. The van der Waals surface area contributed by atoms with Crippen LogP contribution in [0.5, 0.6) is 17.4 Å². The third-order valence-electron chi connectivity index (χ3n) is 2.65.